The van der Waals surface area contributed by atoms with Crippen LogP contribution in [0.25, 0.3) is 10.2 Å². The summed E-state index contributed by atoms with van der Waals surface area (Å²) in [7, 11) is 0. The normalized spacial score (nSPS) is 10.9. The highest BCUT2D eigenvalue weighted by Crippen LogP contribution is 2.29. The number of hydrogen-bond acceptors (Lipinski definition) is 4. The number of anilines is 1. The molecule has 0 spiro atoms. The van der Waals surface area contributed by atoms with Crippen molar-refractivity contribution in [3.63, 3.8) is 0 Å². The van der Waals surface area contributed by atoms with E-state index in [0.29, 0.717) is 18.8 Å². The molecular weight excluding hydrogens is 408 g/mol. The lowest BCUT2D eigenvalue weighted by molar-refractivity contribution is -0.120. The molecule has 0 aliphatic heterocycles. The van der Waals surface area contributed by atoms with Crippen LogP contribution in [0.4, 0.5) is 5.82 Å². The Balaban J connectivity index is 1.36. The van der Waals surface area contributed by atoms with E-state index in [1.807, 2.05) is 62.4 Å². The molecule has 0 atom stereocenters. The summed E-state index contributed by atoms with van der Waals surface area (Å²) in [5.41, 5.74) is 4.33. The van der Waals surface area contributed by atoms with Gasteiger partial charge in [-0.25, -0.2) is 0 Å². The van der Waals surface area contributed by atoms with E-state index in [4.69, 9.17) is 0 Å². The Morgan fingerprint density at radius 2 is 1.65 bits per heavy atom. The number of carbonyl (C=O) groups excluding carboxylic acids is 2. The Kier molecular flexibility index (Phi) is 6.13. The fourth-order valence-corrected chi connectivity index (χ4v) is 4.47. The van der Waals surface area contributed by atoms with Crippen LogP contribution in [-0.4, -0.2) is 22.0 Å². The van der Waals surface area contributed by atoms with E-state index in [-0.39, 0.29) is 18.2 Å². The van der Waals surface area contributed by atoms with Crippen molar-refractivity contribution in [2.24, 2.45) is 0 Å². The molecule has 6 nitrogen and oxygen atoms in total. The summed E-state index contributed by atoms with van der Waals surface area (Å²) < 4.78 is 0. The predicted molar refractivity (Wildman–Crippen MR) is 124 cm³/mol. The molecule has 7 heteroatoms. The third kappa shape index (κ3) is 5.38. The average molecular weight is 433 g/mol. The first-order chi connectivity index (χ1) is 15.0. The standard InChI is InChI=1S/C24H24N4O2S/c1-15-5-3-7-17(9-15)11-22(30)26-23-20-12-19(31-24(20)28-27-23)13-21(29)25-14-18-8-4-6-16(2)10-18/h3-10,12H,11,13-14H2,1-2H3,(H,25,29)(H2,26,27,28,30). The van der Waals surface area contributed by atoms with E-state index in [0.717, 1.165) is 31.8 Å². The third-order valence-corrected chi connectivity index (χ3v) is 5.95. The van der Waals surface area contributed by atoms with Crippen LogP contribution in [0.2, 0.25) is 0 Å². The molecule has 0 aliphatic rings. The van der Waals surface area contributed by atoms with E-state index in [1.165, 1.54) is 16.9 Å². The molecular formula is C24H24N4O2S. The highest BCUT2D eigenvalue weighted by atomic mass is 32.1. The fraction of sp³-hybridized carbons (Fsp3) is 0.208. The van der Waals surface area contributed by atoms with Crippen LogP contribution in [-0.2, 0) is 29.0 Å². The number of thiophene rings is 1. The zero-order valence-electron chi connectivity index (χ0n) is 17.5. The molecule has 0 unspecified atom stereocenters. The SMILES string of the molecule is Cc1cccc(CNC(=O)Cc2cc3c(NC(=O)Cc4cccc(C)c4)[nH]nc3s2)c1. The molecule has 2 aromatic heterocycles. The molecule has 0 fully saturated rings. The Bertz CT molecular complexity index is 1240. The second-order valence-corrected chi connectivity index (χ2v) is 8.80. The smallest absolute Gasteiger partial charge is 0.229 e. The van der Waals surface area contributed by atoms with Gasteiger partial charge in [0.1, 0.15) is 10.6 Å². The summed E-state index contributed by atoms with van der Waals surface area (Å²) in [6.45, 7) is 4.54. The number of aromatic amines is 1. The molecule has 4 rings (SSSR count). The Morgan fingerprint density at radius 1 is 0.935 bits per heavy atom. The molecule has 4 aromatic rings. The number of H-pyrrole nitrogens is 1. The van der Waals surface area contributed by atoms with Crippen molar-refractivity contribution < 1.29 is 9.59 Å². The summed E-state index contributed by atoms with van der Waals surface area (Å²) in [5, 5.41) is 13.8. The monoisotopic (exact) mass is 432 g/mol. The number of rotatable bonds is 7. The lowest BCUT2D eigenvalue weighted by Gasteiger charge is -2.05. The highest BCUT2D eigenvalue weighted by Gasteiger charge is 2.15. The Hall–Kier alpha value is -3.45. The second kappa shape index (κ2) is 9.14. The van der Waals surface area contributed by atoms with Gasteiger partial charge in [-0.05, 0) is 31.0 Å². The number of carbonyl (C=O) groups is 2. The van der Waals surface area contributed by atoms with Crippen LogP contribution in [0.15, 0.2) is 54.6 Å². The minimum absolute atomic E-state index is 0.0422. The van der Waals surface area contributed by atoms with Crippen molar-refractivity contribution in [2.45, 2.75) is 33.2 Å². The van der Waals surface area contributed by atoms with Gasteiger partial charge in [0.05, 0.1) is 18.2 Å². The van der Waals surface area contributed by atoms with Crippen molar-refractivity contribution in [3.05, 3.63) is 81.7 Å². The molecule has 3 N–H and O–H groups in total. The molecule has 2 heterocycles. The van der Waals surface area contributed by atoms with Crippen LogP contribution < -0.4 is 10.6 Å². The molecule has 0 aliphatic carbocycles. The molecule has 2 aromatic carbocycles. The zero-order chi connectivity index (χ0) is 21.8. The predicted octanol–water partition coefficient (Wildman–Crippen LogP) is 4.28. The van der Waals surface area contributed by atoms with Crippen LogP contribution in [0.3, 0.4) is 0 Å². The summed E-state index contributed by atoms with van der Waals surface area (Å²) >= 11 is 1.45. The van der Waals surface area contributed by atoms with Gasteiger partial charge in [0.25, 0.3) is 0 Å². The van der Waals surface area contributed by atoms with Gasteiger partial charge < -0.3 is 10.6 Å². The van der Waals surface area contributed by atoms with Gasteiger partial charge in [-0.2, -0.15) is 5.10 Å². The van der Waals surface area contributed by atoms with Crippen LogP contribution in [0, 0.1) is 13.8 Å². The summed E-state index contributed by atoms with van der Waals surface area (Å²) in [6, 6.07) is 17.9. The summed E-state index contributed by atoms with van der Waals surface area (Å²) in [4.78, 5) is 26.5. The lowest BCUT2D eigenvalue weighted by atomic mass is 10.1. The number of benzene rings is 2. The second-order valence-electron chi connectivity index (χ2n) is 7.69. The van der Waals surface area contributed by atoms with E-state index in [2.05, 4.69) is 26.9 Å². The first kappa shape index (κ1) is 20.8. The molecule has 158 valence electrons. The maximum Gasteiger partial charge on any atom is 0.229 e. The molecule has 0 saturated heterocycles. The Labute approximate surface area is 184 Å². The van der Waals surface area contributed by atoms with Crippen LogP contribution in [0.1, 0.15) is 27.1 Å². The van der Waals surface area contributed by atoms with Gasteiger partial charge >= 0.3 is 0 Å². The number of amides is 2. The number of aryl methyl sites for hydroxylation is 2. The number of aromatic nitrogens is 2. The van der Waals surface area contributed by atoms with Gasteiger partial charge in [0.15, 0.2) is 0 Å². The largest absolute Gasteiger partial charge is 0.352 e. The van der Waals surface area contributed by atoms with Crippen molar-refractivity contribution >= 4 is 39.2 Å². The first-order valence-electron chi connectivity index (χ1n) is 10.1. The molecule has 2 amide bonds. The fourth-order valence-electron chi connectivity index (χ4n) is 3.48. The van der Waals surface area contributed by atoms with E-state index >= 15 is 0 Å². The topological polar surface area (TPSA) is 86.9 Å². The minimum atomic E-state index is -0.111. The summed E-state index contributed by atoms with van der Waals surface area (Å²) in [5.74, 6) is 0.412. The number of nitrogens with zero attached hydrogens (tertiary/aromatic N) is 1. The molecule has 0 saturated carbocycles. The van der Waals surface area contributed by atoms with E-state index < -0.39 is 0 Å². The van der Waals surface area contributed by atoms with E-state index in [1.54, 1.807) is 0 Å². The highest BCUT2D eigenvalue weighted by molar-refractivity contribution is 7.18. The van der Waals surface area contributed by atoms with Gasteiger partial charge in [-0.15, -0.1) is 11.3 Å². The van der Waals surface area contributed by atoms with Gasteiger partial charge in [-0.3, -0.25) is 14.7 Å². The number of fused-ring (bicyclic) bond motifs is 1. The number of hydrogen-bond donors (Lipinski definition) is 3. The first-order valence-corrected chi connectivity index (χ1v) is 10.9. The molecule has 0 radical (unpaired) electrons. The minimum Gasteiger partial charge on any atom is -0.352 e. The van der Waals surface area contributed by atoms with Crippen molar-refractivity contribution in [1.82, 2.24) is 15.5 Å². The average Bonchev–Trinajstić information content (AvgIpc) is 3.27. The maximum atomic E-state index is 12.4. The summed E-state index contributed by atoms with van der Waals surface area (Å²) in [6.07, 6.45) is 0.573. The lowest BCUT2D eigenvalue weighted by Crippen LogP contribution is -2.24. The van der Waals surface area contributed by atoms with Crippen molar-refractivity contribution in [3.8, 4) is 0 Å². The van der Waals surface area contributed by atoms with E-state index in [9.17, 15) is 9.59 Å². The number of nitrogens with one attached hydrogen (secondary N) is 3. The molecule has 0 bridgehead atoms. The zero-order valence-corrected chi connectivity index (χ0v) is 18.3. The quantitative estimate of drug-likeness (QED) is 0.407. The van der Waals surface area contributed by atoms with Crippen molar-refractivity contribution in [2.75, 3.05) is 5.32 Å². The van der Waals surface area contributed by atoms with Gasteiger partial charge in [0.2, 0.25) is 11.8 Å². The van der Waals surface area contributed by atoms with Crippen LogP contribution in [0.5, 0.6) is 0 Å². The van der Waals surface area contributed by atoms with Gasteiger partial charge in [0, 0.05) is 11.4 Å². The Morgan fingerprint density at radius 3 is 2.39 bits per heavy atom. The third-order valence-electron chi connectivity index (χ3n) is 4.92. The maximum absolute atomic E-state index is 12.4. The van der Waals surface area contributed by atoms with Crippen LogP contribution >= 0.6 is 11.3 Å². The van der Waals surface area contributed by atoms with Crippen molar-refractivity contribution in [1.29, 1.82) is 0 Å². The van der Waals surface area contributed by atoms with Gasteiger partial charge in [-0.1, -0.05) is 59.7 Å². The molecule has 31 heavy (non-hydrogen) atoms.